The summed E-state index contributed by atoms with van der Waals surface area (Å²) in [5.74, 6) is 7.62. The molecule has 0 fully saturated rings. The van der Waals surface area contributed by atoms with Crippen molar-refractivity contribution in [1.82, 2.24) is 9.97 Å². The first kappa shape index (κ1) is 13.1. The lowest BCUT2D eigenvalue weighted by Crippen LogP contribution is -2.16. The van der Waals surface area contributed by atoms with E-state index in [9.17, 15) is 0 Å². The fourth-order valence-corrected chi connectivity index (χ4v) is 1.87. The first-order valence-corrected chi connectivity index (χ1v) is 5.83. The normalized spacial score (nSPS) is 10.1. The highest BCUT2D eigenvalue weighted by atomic mass is 16.5. The number of aromatic nitrogens is 2. The van der Waals surface area contributed by atoms with Gasteiger partial charge in [-0.3, -0.25) is 0 Å². The van der Waals surface area contributed by atoms with E-state index in [0.29, 0.717) is 5.82 Å². The largest absolute Gasteiger partial charge is 0.497 e. The van der Waals surface area contributed by atoms with Gasteiger partial charge in [-0.2, -0.15) is 0 Å². The van der Waals surface area contributed by atoms with E-state index in [4.69, 9.17) is 10.6 Å². The van der Waals surface area contributed by atoms with Crippen LogP contribution in [0.4, 0.5) is 17.3 Å². The average Bonchev–Trinajstić information content (AvgIpc) is 2.47. The molecule has 0 unspecified atom stereocenters. The van der Waals surface area contributed by atoms with Crippen molar-refractivity contribution >= 4 is 17.3 Å². The molecule has 0 bridgehead atoms. The van der Waals surface area contributed by atoms with Crippen molar-refractivity contribution in [3.05, 3.63) is 36.2 Å². The summed E-state index contributed by atoms with van der Waals surface area (Å²) in [5, 5.41) is 0. The molecule has 1 heterocycles. The molecule has 2 aromatic rings. The second kappa shape index (κ2) is 5.53. The van der Waals surface area contributed by atoms with Crippen molar-refractivity contribution in [3.63, 3.8) is 0 Å². The van der Waals surface area contributed by atoms with Gasteiger partial charge >= 0.3 is 0 Å². The number of benzene rings is 1. The lowest BCUT2D eigenvalue weighted by Gasteiger charge is -2.21. The number of hydrogen-bond donors (Lipinski definition) is 2. The fraction of sp³-hybridized carbons (Fsp3) is 0.231. The number of anilines is 3. The van der Waals surface area contributed by atoms with Crippen molar-refractivity contribution in [3.8, 4) is 5.75 Å². The van der Waals surface area contributed by atoms with Gasteiger partial charge < -0.3 is 15.1 Å². The predicted octanol–water partition coefficient (Wildman–Crippen LogP) is 1.85. The Morgan fingerprint density at radius 2 is 2.11 bits per heavy atom. The molecule has 3 N–H and O–H groups in total. The van der Waals surface area contributed by atoms with Gasteiger partial charge in [0, 0.05) is 24.4 Å². The molecule has 6 heteroatoms. The van der Waals surface area contributed by atoms with Gasteiger partial charge in [0.2, 0.25) is 0 Å². The molecule has 1 aromatic heterocycles. The van der Waals surface area contributed by atoms with Gasteiger partial charge in [-0.25, -0.2) is 15.8 Å². The van der Waals surface area contributed by atoms with Crippen molar-refractivity contribution in [1.29, 1.82) is 0 Å². The molecule has 0 amide bonds. The Morgan fingerprint density at radius 3 is 2.79 bits per heavy atom. The van der Waals surface area contributed by atoms with E-state index in [0.717, 1.165) is 22.8 Å². The zero-order valence-corrected chi connectivity index (χ0v) is 11.2. The Labute approximate surface area is 112 Å². The first-order chi connectivity index (χ1) is 9.17. The SMILES string of the molecule is COc1cccc(N(C)c2ncnc(NN)c2C)c1. The third kappa shape index (κ3) is 2.58. The van der Waals surface area contributed by atoms with Gasteiger partial charge in [-0.1, -0.05) is 6.07 Å². The van der Waals surface area contributed by atoms with Crippen LogP contribution >= 0.6 is 0 Å². The molecule has 100 valence electrons. The monoisotopic (exact) mass is 259 g/mol. The predicted molar refractivity (Wildman–Crippen MR) is 75.6 cm³/mol. The number of nitrogen functional groups attached to an aromatic ring is 1. The summed E-state index contributed by atoms with van der Waals surface area (Å²) < 4.78 is 5.22. The highest BCUT2D eigenvalue weighted by Gasteiger charge is 2.12. The van der Waals surface area contributed by atoms with Crippen molar-refractivity contribution in [2.24, 2.45) is 5.84 Å². The molecular formula is C13H17N5O. The second-order valence-electron chi connectivity index (χ2n) is 4.08. The molecule has 0 spiro atoms. The molecule has 0 aliphatic heterocycles. The molecule has 0 aliphatic carbocycles. The number of ether oxygens (including phenoxy) is 1. The molecule has 0 saturated carbocycles. The Balaban J connectivity index is 2.40. The van der Waals surface area contributed by atoms with E-state index in [1.54, 1.807) is 7.11 Å². The number of hydrazine groups is 1. The molecule has 2 rings (SSSR count). The van der Waals surface area contributed by atoms with Gasteiger partial charge in [-0.15, -0.1) is 0 Å². The van der Waals surface area contributed by atoms with E-state index in [-0.39, 0.29) is 0 Å². The minimum absolute atomic E-state index is 0.611. The molecule has 0 aliphatic rings. The summed E-state index contributed by atoms with van der Waals surface area (Å²) in [6, 6.07) is 7.76. The quantitative estimate of drug-likeness (QED) is 0.644. The van der Waals surface area contributed by atoms with Crippen molar-refractivity contribution < 1.29 is 4.74 Å². The van der Waals surface area contributed by atoms with Gasteiger partial charge in [-0.05, 0) is 19.1 Å². The molecule has 0 radical (unpaired) electrons. The zero-order valence-electron chi connectivity index (χ0n) is 11.2. The summed E-state index contributed by atoms with van der Waals surface area (Å²) in [6.45, 7) is 1.92. The molecule has 0 atom stereocenters. The third-order valence-electron chi connectivity index (χ3n) is 2.95. The van der Waals surface area contributed by atoms with Crippen molar-refractivity contribution in [2.45, 2.75) is 6.92 Å². The number of nitrogens with one attached hydrogen (secondary N) is 1. The Hall–Kier alpha value is -2.34. The fourth-order valence-electron chi connectivity index (χ4n) is 1.87. The summed E-state index contributed by atoms with van der Waals surface area (Å²) in [5.41, 5.74) is 4.42. The van der Waals surface area contributed by atoms with Crippen LogP contribution in [-0.2, 0) is 0 Å². The Bertz CT molecular complexity index is 573. The number of hydrogen-bond acceptors (Lipinski definition) is 6. The molecular weight excluding hydrogens is 242 g/mol. The lowest BCUT2D eigenvalue weighted by atomic mass is 10.2. The summed E-state index contributed by atoms with van der Waals surface area (Å²) >= 11 is 0. The standard InChI is InChI=1S/C13H17N5O/c1-9-12(17-14)15-8-16-13(9)18(2)10-5-4-6-11(7-10)19-3/h4-8H,14H2,1-3H3,(H,15,16,17). The van der Waals surface area contributed by atoms with Crippen LogP contribution < -0.4 is 20.9 Å². The van der Waals surface area contributed by atoms with E-state index in [2.05, 4.69) is 15.4 Å². The second-order valence-corrected chi connectivity index (χ2v) is 4.08. The number of rotatable bonds is 4. The van der Waals surface area contributed by atoms with Gasteiger partial charge in [0.05, 0.1) is 7.11 Å². The van der Waals surface area contributed by atoms with Gasteiger partial charge in [0.15, 0.2) is 0 Å². The third-order valence-corrected chi connectivity index (χ3v) is 2.95. The van der Waals surface area contributed by atoms with Gasteiger partial charge in [0.1, 0.15) is 23.7 Å². The van der Waals surface area contributed by atoms with Crippen LogP contribution in [0.2, 0.25) is 0 Å². The Morgan fingerprint density at radius 1 is 1.32 bits per heavy atom. The molecule has 0 saturated heterocycles. The van der Waals surface area contributed by atoms with Gasteiger partial charge in [0.25, 0.3) is 0 Å². The van der Waals surface area contributed by atoms with Crippen LogP contribution in [0.3, 0.4) is 0 Å². The number of methoxy groups -OCH3 is 1. The van der Waals surface area contributed by atoms with Crippen molar-refractivity contribution in [2.75, 3.05) is 24.5 Å². The maximum absolute atomic E-state index is 5.43. The van der Waals surface area contributed by atoms with Crippen LogP contribution in [-0.4, -0.2) is 24.1 Å². The smallest absolute Gasteiger partial charge is 0.148 e. The van der Waals surface area contributed by atoms with E-state index < -0.39 is 0 Å². The molecule has 19 heavy (non-hydrogen) atoms. The van der Waals surface area contributed by atoms with Crippen LogP contribution in [0.25, 0.3) is 0 Å². The van der Waals surface area contributed by atoms with E-state index in [1.165, 1.54) is 6.33 Å². The van der Waals surface area contributed by atoms with Crippen LogP contribution in [0, 0.1) is 6.92 Å². The van der Waals surface area contributed by atoms with E-state index >= 15 is 0 Å². The summed E-state index contributed by atoms with van der Waals surface area (Å²) in [4.78, 5) is 10.3. The Kier molecular flexibility index (Phi) is 3.82. The highest BCUT2D eigenvalue weighted by molar-refractivity contribution is 5.67. The maximum Gasteiger partial charge on any atom is 0.148 e. The molecule has 1 aromatic carbocycles. The van der Waals surface area contributed by atoms with Crippen LogP contribution in [0.5, 0.6) is 5.75 Å². The average molecular weight is 259 g/mol. The first-order valence-electron chi connectivity index (χ1n) is 5.83. The lowest BCUT2D eigenvalue weighted by molar-refractivity contribution is 0.415. The summed E-state index contributed by atoms with van der Waals surface area (Å²) in [7, 11) is 3.58. The molecule has 6 nitrogen and oxygen atoms in total. The highest BCUT2D eigenvalue weighted by Crippen LogP contribution is 2.29. The van der Waals surface area contributed by atoms with E-state index in [1.807, 2.05) is 43.1 Å². The minimum Gasteiger partial charge on any atom is -0.497 e. The van der Waals surface area contributed by atoms with Crippen LogP contribution in [0.1, 0.15) is 5.56 Å². The summed E-state index contributed by atoms with van der Waals surface area (Å²) in [6.07, 6.45) is 1.48. The minimum atomic E-state index is 0.611. The number of nitrogens with zero attached hydrogens (tertiary/aromatic N) is 3. The topological polar surface area (TPSA) is 76.3 Å². The maximum atomic E-state index is 5.43. The van der Waals surface area contributed by atoms with Crippen LogP contribution in [0.15, 0.2) is 30.6 Å². The number of nitrogens with two attached hydrogens (primary N) is 1. The zero-order chi connectivity index (χ0) is 13.8.